The first kappa shape index (κ1) is 13.5. The number of benzene rings is 1. The second kappa shape index (κ2) is 6.87. The lowest BCUT2D eigenvalue weighted by Crippen LogP contribution is -2.27. The van der Waals surface area contributed by atoms with Crippen LogP contribution in [-0.2, 0) is 6.42 Å². The van der Waals surface area contributed by atoms with Crippen LogP contribution < -0.4 is 5.32 Å². The summed E-state index contributed by atoms with van der Waals surface area (Å²) in [4.78, 5) is 0. The molecule has 1 atom stereocenters. The van der Waals surface area contributed by atoms with E-state index >= 15 is 0 Å². The fraction of sp³-hybridized carbons (Fsp3) is 0.538. The minimum Gasteiger partial charge on any atom is -0.314 e. The van der Waals surface area contributed by atoms with Crippen molar-refractivity contribution in [3.63, 3.8) is 0 Å². The van der Waals surface area contributed by atoms with Gasteiger partial charge in [-0.25, -0.2) is 4.39 Å². The van der Waals surface area contributed by atoms with Crippen molar-refractivity contribution in [3.8, 4) is 0 Å². The highest BCUT2D eigenvalue weighted by Crippen LogP contribution is 2.16. The predicted molar refractivity (Wildman–Crippen MR) is 67.5 cm³/mol. The molecule has 0 radical (unpaired) electrons. The lowest BCUT2D eigenvalue weighted by Gasteiger charge is -2.13. The van der Waals surface area contributed by atoms with Crippen LogP contribution in [0, 0.1) is 5.82 Å². The van der Waals surface area contributed by atoms with Gasteiger partial charge in [0.2, 0.25) is 0 Å². The minimum absolute atomic E-state index is 0.199. The number of hydrogen-bond donors (Lipinski definition) is 1. The predicted octanol–water partition coefficient (Wildman–Crippen LogP) is 3.80. The second-order valence-electron chi connectivity index (χ2n) is 4.13. The fourth-order valence-electron chi connectivity index (χ4n) is 1.59. The van der Waals surface area contributed by atoms with Gasteiger partial charge in [0.05, 0.1) is 0 Å². The van der Waals surface area contributed by atoms with E-state index in [0.717, 1.165) is 31.4 Å². The standard InChI is InChI=1S/C13H19ClFN/c1-3-8-16-10(2)4-5-11-6-7-12(14)9-13(11)15/h6-7,9-10,16H,3-5,8H2,1-2H3. The quantitative estimate of drug-likeness (QED) is 0.802. The van der Waals surface area contributed by atoms with Crippen LogP contribution in [0.3, 0.4) is 0 Å². The maximum atomic E-state index is 13.4. The summed E-state index contributed by atoms with van der Waals surface area (Å²) in [6.07, 6.45) is 2.82. The van der Waals surface area contributed by atoms with Crippen LogP contribution in [0.4, 0.5) is 4.39 Å². The van der Waals surface area contributed by atoms with Crippen molar-refractivity contribution in [1.29, 1.82) is 0 Å². The Morgan fingerprint density at radius 3 is 2.81 bits per heavy atom. The largest absolute Gasteiger partial charge is 0.314 e. The molecule has 0 saturated carbocycles. The number of rotatable bonds is 6. The van der Waals surface area contributed by atoms with Crippen molar-refractivity contribution in [3.05, 3.63) is 34.6 Å². The van der Waals surface area contributed by atoms with E-state index in [1.807, 2.05) is 0 Å². The van der Waals surface area contributed by atoms with E-state index in [0.29, 0.717) is 11.1 Å². The van der Waals surface area contributed by atoms with Crippen molar-refractivity contribution in [2.45, 2.75) is 39.2 Å². The van der Waals surface area contributed by atoms with E-state index in [9.17, 15) is 4.39 Å². The Hall–Kier alpha value is -0.600. The second-order valence-corrected chi connectivity index (χ2v) is 4.57. The zero-order valence-electron chi connectivity index (χ0n) is 9.89. The third-order valence-electron chi connectivity index (χ3n) is 2.60. The number of nitrogens with one attached hydrogen (secondary N) is 1. The van der Waals surface area contributed by atoms with Gasteiger partial charge in [-0.3, -0.25) is 0 Å². The van der Waals surface area contributed by atoms with Gasteiger partial charge in [0.15, 0.2) is 0 Å². The summed E-state index contributed by atoms with van der Waals surface area (Å²) in [5.41, 5.74) is 0.745. The molecular formula is C13H19ClFN. The van der Waals surface area contributed by atoms with Crippen molar-refractivity contribution in [2.24, 2.45) is 0 Å². The average molecular weight is 244 g/mol. The number of aryl methyl sites for hydroxylation is 1. The summed E-state index contributed by atoms with van der Waals surface area (Å²) in [5, 5.41) is 3.84. The zero-order chi connectivity index (χ0) is 12.0. The van der Waals surface area contributed by atoms with Crippen molar-refractivity contribution < 1.29 is 4.39 Å². The van der Waals surface area contributed by atoms with Gasteiger partial charge in [-0.05, 0) is 50.4 Å². The van der Waals surface area contributed by atoms with E-state index < -0.39 is 0 Å². The Balaban J connectivity index is 2.42. The van der Waals surface area contributed by atoms with Crippen LogP contribution in [-0.4, -0.2) is 12.6 Å². The molecule has 1 unspecified atom stereocenters. The van der Waals surface area contributed by atoms with Crippen LogP contribution in [0.15, 0.2) is 18.2 Å². The van der Waals surface area contributed by atoms with Gasteiger partial charge in [-0.1, -0.05) is 24.6 Å². The van der Waals surface area contributed by atoms with Gasteiger partial charge in [0, 0.05) is 11.1 Å². The van der Waals surface area contributed by atoms with E-state index in [-0.39, 0.29) is 5.82 Å². The number of hydrogen-bond acceptors (Lipinski definition) is 1. The third-order valence-corrected chi connectivity index (χ3v) is 2.84. The molecule has 0 fully saturated rings. The summed E-state index contributed by atoms with van der Waals surface area (Å²) in [6.45, 7) is 5.28. The fourth-order valence-corrected chi connectivity index (χ4v) is 1.75. The number of halogens is 2. The molecule has 1 aromatic carbocycles. The Kier molecular flexibility index (Phi) is 5.78. The van der Waals surface area contributed by atoms with Crippen molar-refractivity contribution in [2.75, 3.05) is 6.54 Å². The Bertz CT molecular complexity index is 328. The van der Waals surface area contributed by atoms with Crippen LogP contribution in [0.1, 0.15) is 32.3 Å². The Morgan fingerprint density at radius 1 is 1.44 bits per heavy atom. The molecule has 3 heteroatoms. The maximum absolute atomic E-state index is 13.4. The molecule has 90 valence electrons. The molecule has 1 rings (SSSR count). The van der Waals surface area contributed by atoms with E-state index in [2.05, 4.69) is 19.2 Å². The third kappa shape index (κ3) is 4.50. The van der Waals surface area contributed by atoms with Gasteiger partial charge in [0.1, 0.15) is 5.82 Å². The first-order valence-electron chi connectivity index (χ1n) is 5.80. The smallest absolute Gasteiger partial charge is 0.127 e. The van der Waals surface area contributed by atoms with E-state index in [1.54, 1.807) is 12.1 Å². The minimum atomic E-state index is -0.199. The monoisotopic (exact) mass is 243 g/mol. The van der Waals surface area contributed by atoms with Gasteiger partial charge in [0.25, 0.3) is 0 Å². The van der Waals surface area contributed by atoms with Crippen molar-refractivity contribution in [1.82, 2.24) is 5.32 Å². The molecule has 16 heavy (non-hydrogen) atoms. The Labute approximate surface area is 102 Å². The summed E-state index contributed by atoms with van der Waals surface area (Å²) >= 11 is 5.70. The molecule has 0 spiro atoms. The molecular weight excluding hydrogens is 225 g/mol. The molecule has 1 nitrogen and oxygen atoms in total. The van der Waals surface area contributed by atoms with Gasteiger partial charge >= 0.3 is 0 Å². The molecule has 0 aliphatic rings. The van der Waals surface area contributed by atoms with E-state index in [4.69, 9.17) is 11.6 Å². The lowest BCUT2D eigenvalue weighted by atomic mass is 10.1. The van der Waals surface area contributed by atoms with Crippen molar-refractivity contribution >= 4 is 11.6 Å². The lowest BCUT2D eigenvalue weighted by molar-refractivity contribution is 0.506. The molecule has 0 aromatic heterocycles. The first-order valence-corrected chi connectivity index (χ1v) is 6.18. The summed E-state index contributed by atoms with van der Waals surface area (Å²) in [6, 6.07) is 5.31. The molecule has 1 N–H and O–H groups in total. The summed E-state index contributed by atoms with van der Waals surface area (Å²) in [7, 11) is 0. The normalized spacial score (nSPS) is 12.8. The molecule has 0 aliphatic heterocycles. The zero-order valence-corrected chi connectivity index (χ0v) is 10.6. The maximum Gasteiger partial charge on any atom is 0.127 e. The van der Waals surface area contributed by atoms with Crippen LogP contribution in [0.5, 0.6) is 0 Å². The molecule has 0 amide bonds. The highest BCUT2D eigenvalue weighted by atomic mass is 35.5. The average Bonchev–Trinajstić information content (AvgIpc) is 2.25. The van der Waals surface area contributed by atoms with Crippen LogP contribution >= 0.6 is 11.6 Å². The molecule has 0 heterocycles. The molecule has 0 aliphatic carbocycles. The molecule has 0 saturated heterocycles. The van der Waals surface area contributed by atoms with Crippen LogP contribution in [0.25, 0.3) is 0 Å². The van der Waals surface area contributed by atoms with Gasteiger partial charge in [-0.2, -0.15) is 0 Å². The van der Waals surface area contributed by atoms with Crippen LogP contribution in [0.2, 0.25) is 5.02 Å². The summed E-state index contributed by atoms with van der Waals surface area (Å²) in [5.74, 6) is -0.199. The van der Waals surface area contributed by atoms with Gasteiger partial charge in [-0.15, -0.1) is 0 Å². The van der Waals surface area contributed by atoms with Gasteiger partial charge < -0.3 is 5.32 Å². The first-order chi connectivity index (χ1) is 7.63. The SMILES string of the molecule is CCCNC(C)CCc1ccc(Cl)cc1F. The highest BCUT2D eigenvalue weighted by molar-refractivity contribution is 6.30. The molecule has 1 aromatic rings. The Morgan fingerprint density at radius 2 is 2.19 bits per heavy atom. The van der Waals surface area contributed by atoms with E-state index in [1.165, 1.54) is 6.07 Å². The topological polar surface area (TPSA) is 12.0 Å². The molecule has 0 bridgehead atoms. The highest BCUT2D eigenvalue weighted by Gasteiger charge is 2.05. The summed E-state index contributed by atoms with van der Waals surface area (Å²) < 4.78 is 13.4.